The lowest BCUT2D eigenvalue weighted by Crippen LogP contribution is -2.41. The molecule has 1 saturated heterocycles. The number of hydrogen-bond acceptors (Lipinski definition) is 2. The van der Waals surface area contributed by atoms with Crippen LogP contribution in [0.4, 0.5) is 0 Å². The predicted octanol–water partition coefficient (Wildman–Crippen LogP) is 4.75. The summed E-state index contributed by atoms with van der Waals surface area (Å²) in [5.74, 6) is -0.385. The number of nitrogens with one attached hydrogen (secondary N) is 1. The van der Waals surface area contributed by atoms with Crippen LogP contribution < -0.4 is 5.32 Å². The molecule has 160 valence electrons. The SMILES string of the molecule is CCn1cc(/C=C(\NC(=O)c2ccc(C)cc2)C(=O)N2CCCCC2)c2ccccc21. The molecule has 5 nitrogen and oxygen atoms in total. The Balaban J connectivity index is 1.72. The van der Waals surface area contributed by atoms with Crippen LogP contribution in [0.1, 0.15) is 47.7 Å². The molecule has 1 aromatic heterocycles. The van der Waals surface area contributed by atoms with Crippen molar-refractivity contribution in [3.05, 3.63) is 77.1 Å². The van der Waals surface area contributed by atoms with E-state index in [2.05, 4.69) is 28.9 Å². The zero-order valence-corrected chi connectivity index (χ0v) is 18.2. The molecule has 2 aromatic carbocycles. The predicted molar refractivity (Wildman–Crippen MR) is 125 cm³/mol. The van der Waals surface area contributed by atoms with Crippen LogP contribution in [0, 0.1) is 6.92 Å². The van der Waals surface area contributed by atoms with E-state index in [1.165, 1.54) is 0 Å². The van der Waals surface area contributed by atoms with Gasteiger partial charge in [-0.15, -0.1) is 0 Å². The van der Waals surface area contributed by atoms with Crippen LogP contribution in [0.2, 0.25) is 0 Å². The van der Waals surface area contributed by atoms with Crippen molar-refractivity contribution in [1.29, 1.82) is 0 Å². The number of rotatable bonds is 5. The number of fused-ring (bicyclic) bond motifs is 1. The molecular weight excluding hydrogens is 386 g/mol. The molecule has 1 fully saturated rings. The largest absolute Gasteiger partial charge is 0.347 e. The summed E-state index contributed by atoms with van der Waals surface area (Å²) in [7, 11) is 0. The molecule has 4 rings (SSSR count). The molecule has 31 heavy (non-hydrogen) atoms. The van der Waals surface area contributed by atoms with Gasteiger partial charge in [-0.25, -0.2) is 0 Å². The van der Waals surface area contributed by atoms with Gasteiger partial charge in [-0.2, -0.15) is 0 Å². The summed E-state index contributed by atoms with van der Waals surface area (Å²) in [5.41, 5.74) is 4.00. The van der Waals surface area contributed by atoms with Gasteiger partial charge in [0.05, 0.1) is 0 Å². The second-order valence-electron chi connectivity index (χ2n) is 8.12. The minimum atomic E-state index is -0.268. The van der Waals surface area contributed by atoms with Gasteiger partial charge in [-0.3, -0.25) is 9.59 Å². The number of para-hydroxylation sites is 1. The fourth-order valence-corrected chi connectivity index (χ4v) is 4.13. The first-order valence-electron chi connectivity index (χ1n) is 11.0. The third-order valence-corrected chi connectivity index (χ3v) is 5.90. The summed E-state index contributed by atoms with van der Waals surface area (Å²) in [6.45, 7) is 6.37. The lowest BCUT2D eigenvalue weighted by molar-refractivity contribution is -0.128. The molecule has 2 heterocycles. The van der Waals surface area contributed by atoms with Crippen molar-refractivity contribution in [2.45, 2.75) is 39.7 Å². The van der Waals surface area contributed by atoms with E-state index in [0.29, 0.717) is 11.3 Å². The van der Waals surface area contributed by atoms with Gasteiger partial charge in [0.2, 0.25) is 0 Å². The van der Waals surface area contributed by atoms with Crippen LogP contribution in [-0.4, -0.2) is 34.4 Å². The van der Waals surface area contributed by atoms with E-state index in [9.17, 15) is 9.59 Å². The lowest BCUT2D eigenvalue weighted by atomic mass is 10.1. The molecule has 5 heteroatoms. The molecule has 3 aromatic rings. The van der Waals surface area contributed by atoms with E-state index in [0.717, 1.165) is 60.9 Å². The molecule has 0 bridgehead atoms. The van der Waals surface area contributed by atoms with E-state index in [-0.39, 0.29) is 11.8 Å². The number of hydrogen-bond donors (Lipinski definition) is 1. The van der Waals surface area contributed by atoms with Crippen molar-refractivity contribution in [3.63, 3.8) is 0 Å². The summed E-state index contributed by atoms with van der Waals surface area (Å²) >= 11 is 0. The molecule has 0 spiro atoms. The van der Waals surface area contributed by atoms with Gasteiger partial charge in [-0.05, 0) is 57.4 Å². The number of carbonyl (C=O) groups is 2. The van der Waals surface area contributed by atoms with Gasteiger partial charge >= 0.3 is 0 Å². The first kappa shape index (κ1) is 20.9. The number of likely N-dealkylation sites (tertiary alicyclic amines) is 1. The maximum absolute atomic E-state index is 13.4. The topological polar surface area (TPSA) is 54.3 Å². The fourth-order valence-electron chi connectivity index (χ4n) is 4.13. The molecule has 1 N–H and O–H groups in total. The maximum atomic E-state index is 13.4. The Labute approximate surface area is 183 Å². The minimum absolute atomic E-state index is 0.117. The Hall–Kier alpha value is -3.34. The third-order valence-electron chi connectivity index (χ3n) is 5.90. The van der Waals surface area contributed by atoms with Crippen molar-refractivity contribution >= 4 is 28.8 Å². The van der Waals surface area contributed by atoms with Crippen LogP contribution in [0.3, 0.4) is 0 Å². The van der Waals surface area contributed by atoms with Gasteiger partial charge in [0.25, 0.3) is 11.8 Å². The van der Waals surface area contributed by atoms with Crippen LogP contribution in [0.25, 0.3) is 17.0 Å². The van der Waals surface area contributed by atoms with Gasteiger partial charge in [0, 0.05) is 47.9 Å². The van der Waals surface area contributed by atoms with E-state index in [1.807, 2.05) is 48.4 Å². The van der Waals surface area contributed by atoms with Crippen molar-refractivity contribution in [1.82, 2.24) is 14.8 Å². The van der Waals surface area contributed by atoms with Crippen molar-refractivity contribution < 1.29 is 9.59 Å². The maximum Gasteiger partial charge on any atom is 0.270 e. The Morgan fingerprint density at radius 1 is 1.00 bits per heavy atom. The van der Waals surface area contributed by atoms with Crippen LogP contribution in [-0.2, 0) is 11.3 Å². The summed E-state index contributed by atoms with van der Waals surface area (Å²) in [6, 6.07) is 15.5. The molecule has 1 aliphatic rings. The first-order chi connectivity index (χ1) is 15.1. The summed E-state index contributed by atoms with van der Waals surface area (Å²) in [5, 5.41) is 3.98. The fraction of sp³-hybridized carbons (Fsp3) is 0.308. The van der Waals surface area contributed by atoms with E-state index < -0.39 is 0 Å². The van der Waals surface area contributed by atoms with Crippen LogP contribution in [0.15, 0.2) is 60.4 Å². The molecule has 0 aliphatic carbocycles. The van der Waals surface area contributed by atoms with Crippen molar-refractivity contribution in [3.8, 4) is 0 Å². The monoisotopic (exact) mass is 415 g/mol. The van der Waals surface area contributed by atoms with Crippen molar-refractivity contribution in [2.75, 3.05) is 13.1 Å². The first-order valence-corrected chi connectivity index (χ1v) is 11.0. The molecule has 0 saturated carbocycles. The molecule has 0 atom stereocenters. The Kier molecular flexibility index (Phi) is 6.21. The van der Waals surface area contributed by atoms with Crippen LogP contribution >= 0.6 is 0 Å². The smallest absolute Gasteiger partial charge is 0.270 e. The van der Waals surface area contributed by atoms with E-state index >= 15 is 0 Å². The standard InChI is InChI=1S/C26H29N3O2/c1-3-28-18-21(22-9-5-6-10-24(22)28)17-23(26(31)29-15-7-4-8-16-29)27-25(30)20-13-11-19(2)12-14-20/h5-6,9-14,17-18H,3-4,7-8,15-16H2,1-2H3,(H,27,30)/b23-17-. The highest BCUT2D eigenvalue weighted by Crippen LogP contribution is 2.24. The quantitative estimate of drug-likeness (QED) is 0.611. The average molecular weight is 416 g/mol. The zero-order valence-electron chi connectivity index (χ0n) is 18.2. The molecule has 0 unspecified atom stereocenters. The van der Waals surface area contributed by atoms with Crippen LogP contribution in [0.5, 0.6) is 0 Å². The second-order valence-corrected chi connectivity index (χ2v) is 8.12. The number of aryl methyl sites for hydroxylation is 2. The van der Waals surface area contributed by atoms with Gasteiger partial charge in [0.1, 0.15) is 5.70 Å². The highest BCUT2D eigenvalue weighted by molar-refractivity contribution is 6.06. The highest BCUT2D eigenvalue weighted by Gasteiger charge is 2.23. The van der Waals surface area contributed by atoms with Gasteiger partial charge in [-0.1, -0.05) is 35.9 Å². The van der Waals surface area contributed by atoms with E-state index in [1.54, 1.807) is 12.1 Å². The average Bonchev–Trinajstić information content (AvgIpc) is 3.17. The van der Waals surface area contributed by atoms with Gasteiger partial charge < -0.3 is 14.8 Å². The van der Waals surface area contributed by atoms with E-state index in [4.69, 9.17) is 0 Å². The number of benzene rings is 2. The Bertz CT molecular complexity index is 1120. The number of carbonyl (C=O) groups excluding carboxylic acids is 2. The Morgan fingerprint density at radius 3 is 2.42 bits per heavy atom. The molecule has 1 aliphatic heterocycles. The highest BCUT2D eigenvalue weighted by atomic mass is 16.2. The third kappa shape index (κ3) is 4.55. The number of piperidine rings is 1. The normalized spacial score (nSPS) is 14.6. The summed E-state index contributed by atoms with van der Waals surface area (Å²) < 4.78 is 2.16. The number of nitrogens with zero attached hydrogens (tertiary/aromatic N) is 2. The lowest BCUT2D eigenvalue weighted by Gasteiger charge is -2.27. The summed E-state index contributed by atoms with van der Waals surface area (Å²) in [6.07, 6.45) is 7.02. The summed E-state index contributed by atoms with van der Waals surface area (Å²) in [4.78, 5) is 28.2. The minimum Gasteiger partial charge on any atom is -0.347 e. The molecule has 0 radical (unpaired) electrons. The molecule has 2 amide bonds. The number of amides is 2. The van der Waals surface area contributed by atoms with Crippen molar-refractivity contribution in [2.24, 2.45) is 0 Å². The second kappa shape index (κ2) is 9.21. The zero-order chi connectivity index (χ0) is 21.8. The van der Waals surface area contributed by atoms with Gasteiger partial charge in [0.15, 0.2) is 0 Å². The Morgan fingerprint density at radius 2 is 1.71 bits per heavy atom. The molecular formula is C26H29N3O2. The number of aromatic nitrogens is 1.